The summed E-state index contributed by atoms with van der Waals surface area (Å²) in [7, 11) is 0. The molecule has 0 heterocycles. The SMILES string of the molecule is CC(C)(C)c1cc(Br)cc(N(c2ccc(-c3ccccc3)cc2)c2ccccc2-c2ccccc2)c1. The minimum atomic E-state index is 0.0281. The number of para-hydroxylation sites is 1. The second-order valence-electron chi connectivity index (χ2n) is 10.1. The maximum atomic E-state index is 3.80. The molecule has 0 N–H and O–H groups in total. The second-order valence-corrected chi connectivity index (χ2v) is 11.0. The molecule has 5 rings (SSSR count). The van der Waals surface area contributed by atoms with Gasteiger partial charge < -0.3 is 4.90 Å². The van der Waals surface area contributed by atoms with Gasteiger partial charge in [0.15, 0.2) is 0 Å². The largest absolute Gasteiger partial charge is 0.310 e. The smallest absolute Gasteiger partial charge is 0.0540 e. The lowest BCUT2D eigenvalue weighted by molar-refractivity contribution is 0.590. The zero-order valence-corrected chi connectivity index (χ0v) is 22.5. The fourth-order valence-corrected chi connectivity index (χ4v) is 5.01. The first-order valence-corrected chi connectivity index (χ1v) is 13.1. The monoisotopic (exact) mass is 531 g/mol. The quantitative estimate of drug-likeness (QED) is 0.218. The molecule has 36 heavy (non-hydrogen) atoms. The zero-order chi connectivity index (χ0) is 25.1. The predicted molar refractivity (Wildman–Crippen MR) is 158 cm³/mol. The number of anilines is 3. The number of halogens is 1. The van der Waals surface area contributed by atoms with Gasteiger partial charge in [0.2, 0.25) is 0 Å². The summed E-state index contributed by atoms with van der Waals surface area (Å²) in [6.07, 6.45) is 0. The fourth-order valence-electron chi connectivity index (χ4n) is 4.53. The van der Waals surface area contributed by atoms with Gasteiger partial charge in [0, 0.05) is 21.4 Å². The van der Waals surface area contributed by atoms with Crippen LogP contribution in [0.5, 0.6) is 0 Å². The number of benzene rings is 5. The van der Waals surface area contributed by atoms with E-state index in [9.17, 15) is 0 Å². The van der Waals surface area contributed by atoms with Crippen LogP contribution in [0.1, 0.15) is 26.3 Å². The molecule has 5 aromatic carbocycles. The molecule has 0 bridgehead atoms. The van der Waals surface area contributed by atoms with Gasteiger partial charge in [-0.3, -0.25) is 0 Å². The zero-order valence-electron chi connectivity index (χ0n) is 20.9. The number of nitrogens with zero attached hydrogens (tertiary/aromatic N) is 1. The molecule has 5 aromatic rings. The van der Waals surface area contributed by atoms with Crippen LogP contribution < -0.4 is 4.90 Å². The van der Waals surface area contributed by atoms with Gasteiger partial charge in [0.1, 0.15) is 0 Å². The third-order valence-corrected chi connectivity index (χ3v) is 6.93. The molecule has 0 amide bonds. The van der Waals surface area contributed by atoms with Crippen LogP contribution in [0, 0.1) is 0 Å². The summed E-state index contributed by atoms with van der Waals surface area (Å²) in [4.78, 5) is 2.37. The van der Waals surface area contributed by atoms with Crippen LogP contribution >= 0.6 is 15.9 Å². The maximum absolute atomic E-state index is 3.80. The normalized spacial score (nSPS) is 11.3. The molecule has 0 fully saturated rings. The van der Waals surface area contributed by atoms with E-state index in [1.165, 1.54) is 27.8 Å². The van der Waals surface area contributed by atoms with E-state index in [1.54, 1.807) is 0 Å². The third kappa shape index (κ3) is 5.15. The van der Waals surface area contributed by atoms with Gasteiger partial charge in [-0.05, 0) is 64.1 Å². The van der Waals surface area contributed by atoms with Crippen molar-refractivity contribution >= 4 is 33.0 Å². The van der Waals surface area contributed by atoms with Crippen LogP contribution in [-0.2, 0) is 5.41 Å². The Balaban J connectivity index is 1.70. The van der Waals surface area contributed by atoms with E-state index in [0.29, 0.717) is 0 Å². The van der Waals surface area contributed by atoms with Crippen LogP contribution in [0.15, 0.2) is 132 Å². The van der Waals surface area contributed by atoms with Crippen LogP contribution in [0.4, 0.5) is 17.1 Å². The Morgan fingerprint density at radius 2 is 1.08 bits per heavy atom. The van der Waals surface area contributed by atoms with Gasteiger partial charge in [-0.1, -0.05) is 128 Å². The fraction of sp³-hybridized carbons (Fsp3) is 0.118. The van der Waals surface area contributed by atoms with Gasteiger partial charge in [-0.15, -0.1) is 0 Å². The minimum absolute atomic E-state index is 0.0281. The Morgan fingerprint density at radius 3 is 1.72 bits per heavy atom. The molecule has 0 saturated carbocycles. The van der Waals surface area contributed by atoms with Gasteiger partial charge >= 0.3 is 0 Å². The molecule has 0 spiro atoms. The number of rotatable bonds is 5. The Morgan fingerprint density at radius 1 is 0.528 bits per heavy atom. The molecular formula is C34H30BrN. The van der Waals surface area contributed by atoms with Gasteiger partial charge in [-0.25, -0.2) is 0 Å². The van der Waals surface area contributed by atoms with E-state index >= 15 is 0 Å². The average molecular weight is 533 g/mol. The third-order valence-electron chi connectivity index (χ3n) is 6.47. The van der Waals surface area contributed by atoms with Crippen molar-refractivity contribution in [1.29, 1.82) is 0 Å². The first kappa shape index (κ1) is 24.1. The summed E-state index contributed by atoms with van der Waals surface area (Å²) >= 11 is 3.80. The van der Waals surface area contributed by atoms with Crippen LogP contribution in [0.3, 0.4) is 0 Å². The Hall–Kier alpha value is -3.62. The molecule has 0 aliphatic heterocycles. The summed E-state index contributed by atoms with van der Waals surface area (Å²) < 4.78 is 1.08. The lowest BCUT2D eigenvalue weighted by Crippen LogP contribution is -2.15. The van der Waals surface area contributed by atoms with Gasteiger partial charge in [0.25, 0.3) is 0 Å². The second kappa shape index (κ2) is 10.2. The molecule has 0 aliphatic carbocycles. The minimum Gasteiger partial charge on any atom is -0.310 e. The first-order chi connectivity index (χ1) is 17.4. The maximum Gasteiger partial charge on any atom is 0.0540 e. The predicted octanol–water partition coefficient (Wildman–Crippen LogP) is 10.6. The van der Waals surface area contributed by atoms with Crippen LogP contribution in [-0.4, -0.2) is 0 Å². The van der Waals surface area contributed by atoms with Crippen LogP contribution in [0.2, 0.25) is 0 Å². The van der Waals surface area contributed by atoms with E-state index in [0.717, 1.165) is 21.5 Å². The van der Waals surface area contributed by atoms with E-state index in [4.69, 9.17) is 0 Å². The van der Waals surface area contributed by atoms with Crippen molar-refractivity contribution in [2.45, 2.75) is 26.2 Å². The average Bonchev–Trinajstić information content (AvgIpc) is 2.90. The first-order valence-electron chi connectivity index (χ1n) is 12.3. The van der Waals surface area contributed by atoms with Crippen LogP contribution in [0.25, 0.3) is 22.3 Å². The lowest BCUT2D eigenvalue weighted by atomic mass is 9.86. The Bertz CT molecular complexity index is 1450. The van der Waals surface area contributed by atoms with Crippen molar-refractivity contribution in [2.24, 2.45) is 0 Å². The molecule has 0 unspecified atom stereocenters. The van der Waals surface area contributed by atoms with Crippen molar-refractivity contribution in [1.82, 2.24) is 0 Å². The van der Waals surface area contributed by atoms with E-state index in [2.05, 4.69) is 169 Å². The molecule has 0 atom stereocenters. The molecule has 0 aromatic heterocycles. The van der Waals surface area contributed by atoms with Gasteiger partial charge in [-0.2, -0.15) is 0 Å². The summed E-state index contributed by atoms with van der Waals surface area (Å²) in [6, 6.07) is 45.4. The summed E-state index contributed by atoms with van der Waals surface area (Å²) in [6.45, 7) is 6.78. The Labute approximate surface area is 223 Å². The molecule has 0 radical (unpaired) electrons. The van der Waals surface area contributed by atoms with Crippen molar-refractivity contribution in [3.05, 3.63) is 137 Å². The number of hydrogen-bond donors (Lipinski definition) is 0. The van der Waals surface area contributed by atoms with Crippen molar-refractivity contribution in [2.75, 3.05) is 4.90 Å². The molecule has 2 heteroatoms. The van der Waals surface area contributed by atoms with Crippen molar-refractivity contribution in [3.8, 4) is 22.3 Å². The summed E-state index contributed by atoms with van der Waals surface area (Å²) in [5.74, 6) is 0. The van der Waals surface area contributed by atoms with Crippen molar-refractivity contribution in [3.63, 3.8) is 0 Å². The lowest BCUT2D eigenvalue weighted by Gasteiger charge is -2.30. The summed E-state index contributed by atoms with van der Waals surface area (Å²) in [5, 5.41) is 0. The highest BCUT2D eigenvalue weighted by Gasteiger charge is 2.21. The topological polar surface area (TPSA) is 3.24 Å². The Kier molecular flexibility index (Phi) is 6.80. The van der Waals surface area contributed by atoms with E-state index in [1.807, 2.05) is 0 Å². The molecule has 0 aliphatic rings. The molecule has 178 valence electrons. The highest BCUT2D eigenvalue weighted by atomic mass is 79.9. The number of hydrogen-bond acceptors (Lipinski definition) is 1. The highest BCUT2D eigenvalue weighted by molar-refractivity contribution is 9.10. The molecule has 1 nitrogen and oxygen atoms in total. The highest BCUT2D eigenvalue weighted by Crippen LogP contribution is 2.43. The summed E-state index contributed by atoms with van der Waals surface area (Å²) in [5.41, 5.74) is 9.54. The van der Waals surface area contributed by atoms with Crippen molar-refractivity contribution < 1.29 is 0 Å². The van der Waals surface area contributed by atoms with E-state index in [-0.39, 0.29) is 5.41 Å². The standard InChI is InChI=1S/C34H30BrN/c1-34(2,3)28-22-29(35)24-31(23-28)36(30-20-18-26(19-21-30)25-12-6-4-7-13-25)33-17-11-10-16-32(33)27-14-8-5-9-15-27/h4-24H,1-3H3. The van der Waals surface area contributed by atoms with Gasteiger partial charge in [0.05, 0.1) is 5.69 Å². The molecular weight excluding hydrogens is 502 g/mol. The van der Waals surface area contributed by atoms with E-state index < -0.39 is 0 Å². The molecule has 0 saturated heterocycles.